The van der Waals surface area contributed by atoms with Crippen molar-refractivity contribution in [1.29, 1.82) is 0 Å². The second-order valence-corrected chi connectivity index (χ2v) is 7.35. The first-order valence-corrected chi connectivity index (χ1v) is 8.78. The lowest BCUT2D eigenvalue weighted by Crippen LogP contribution is -2.16. The smallest absolute Gasteiger partial charge is 0.254 e. The fourth-order valence-corrected chi connectivity index (χ4v) is 3.27. The Hall–Kier alpha value is -0.970. The monoisotopic (exact) mass is 356 g/mol. The van der Waals surface area contributed by atoms with Gasteiger partial charge >= 0.3 is 0 Å². The van der Waals surface area contributed by atoms with Crippen LogP contribution in [0.3, 0.4) is 0 Å². The summed E-state index contributed by atoms with van der Waals surface area (Å²) >= 11 is 14.0. The van der Waals surface area contributed by atoms with Crippen LogP contribution in [-0.2, 0) is 6.42 Å². The Bertz CT molecular complexity index is 708. The lowest BCUT2D eigenvalue weighted by molar-refractivity contribution is 0.746. The van der Waals surface area contributed by atoms with Crippen LogP contribution in [0.15, 0.2) is 28.2 Å². The summed E-state index contributed by atoms with van der Waals surface area (Å²) in [6.07, 6.45) is 0.448. The lowest BCUT2D eigenvalue weighted by atomic mass is 10.1. The number of nitrogens with zero attached hydrogens (tertiary/aromatic N) is 1. The zero-order valence-corrected chi connectivity index (χ0v) is 15.1. The number of H-pyrrole nitrogens is 1. The molecule has 0 aliphatic rings. The normalized spacial score (nSPS) is 11.2. The fourth-order valence-electron chi connectivity index (χ4n) is 1.91. The molecule has 0 unspecified atom stereocenters. The predicted molar refractivity (Wildman–Crippen MR) is 94.4 cm³/mol. The Balaban J connectivity index is 2.36. The molecule has 1 aromatic carbocycles. The van der Waals surface area contributed by atoms with Crippen molar-refractivity contribution in [2.45, 2.75) is 32.3 Å². The van der Waals surface area contributed by atoms with Gasteiger partial charge in [-0.1, -0.05) is 54.9 Å². The Labute approximate surface area is 144 Å². The van der Waals surface area contributed by atoms with Gasteiger partial charge in [0.05, 0.1) is 5.69 Å². The third-order valence-corrected chi connectivity index (χ3v) is 5.20. The summed E-state index contributed by atoms with van der Waals surface area (Å²) in [5.41, 5.74) is 2.00. The van der Waals surface area contributed by atoms with Gasteiger partial charge in [0.2, 0.25) is 0 Å². The van der Waals surface area contributed by atoms with Crippen molar-refractivity contribution in [1.82, 2.24) is 9.97 Å². The van der Waals surface area contributed by atoms with Crippen LogP contribution in [0.1, 0.15) is 30.7 Å². The van der Waals surface area contributed by atoms with Crippen molar-refractivity contribution in [3.8, 4) is 0 Å². The van der Waals surface area contributed by atoms with Crippen molar-refractivity contribution in [3.05, 3.63) is 55.4 Å². The van der Waals surface area contributed by atoms with Crippen molar-refractivity contribution in [3.63, 3.8) is 0 Å². The molecule has 2 rings (SSSR count). The molecule has 6 heteroatoms. The SMILES string of the molecule is Cc1c(Cc2c(Cl)cccc2Cl)nc(SCC(C)C)[nH]c1=O. The van der Waals surface area contributed by atoms with Gasteiger partial charge in [-0.2, -0.15) is 0 Å². The Kier molecular flexibility index (Phi) is 5.95. The first-order valence-electron chi connectivity index (χ1n) is 7.04. The molecule has 2 aromatic rings. The number of rotatable bonds is 5. The van der Waals surface area contributed by atoms with E-state index in [2.05, 4.69) is 23.8 Å². The summed E-state index contributed by atoms with van der Waals surface area (Å²) in [6.45, 7) is 6.02. The van der Waals surface area contributed by atoms with Crippen LogP contribution >= 0.6 is 35.0 Å². The van der Waals surface area contributed by atoms with Crippen LogP contribution in [-0.4, -0.2) is 15.7 Å². The molecule has 3 nitrogen and oxygen atoms in total. The van der Waals surface area contributed by atoms with E-state index in [4.69, 9.17) is 23.2 Å². The molecular formula is C16H18Cl2N2OS. The number of benzene rings is 1. The van der Waals surface area contributed by atoms with Crippen LogP contribution in [0, 0.1) is 12.8 Å². The van der Waals surface area contributed by atoms with Crippen LogP contribution in [0.4, 0.5) is 0 Å². The van der Waals surface area contributed by atoms with Gasteiger partial charge in [-0.25, -0.2) is 4.98 Å². The van der Waals surface area contributed by atoms with E-state index in [9.17, 15) is 4.79 Å². The van der Waals surface area contributed by atoms with Gasteiger partial charge < -0.3 is 4.98 Å². The Morgan fingerprint density at radius 1 is 1.27 bits per heavy atom. The van der Waals surface area contributed by atoms with E-state index < -0.39 is 0 Å². The molecule has 0 aliphatic heterocycles. The molecule has 1 heterocycles. The molecule has 0 atom stereocenters. The van der Waals surface area contributed by atoms with E-state index in [1.165, 1.54) is 0 Å². The van der Waals surface area contributed by atoms with Gasteiger partial charge in [0.1, 0.15) is 0 Å². The summed E-state index contributed by atoms with van der Waals surface area (Å²) in [5, 5.41) is 1.82. The summed E-state index contributed by atoms with van der Waals surface area (Å²) in [5.74, 6) is 1.43. The molecule has 0 fully saturated rings. The minimum atomic E-state index is -0.112. The van der Waals surface area contributed by atoms with Crippen LogP contribution in [0.25, 0.3) is 0 Å². The zero-order valence-electron chi connectivity index (χ0n) is 12.7. The molecule has 0 saturated heterocycles. The quantitative estimate of drug-likeness (QED) is 0.622. The molecule has 1 aromatic heterocycles. The molecule has 1 N–H and O–H groups in total. The highest BCUT2D eigenvalue weighted by atomic mass is 35.5. The maximum atomic E-state index is 12.1. The highest BCUT2D eigenvalue weighted by Crippen LogP contribution is 2.27. The van der Waals surface area contributed by atoms with E-state index in [1.807, 2.05) is 0 Å². The summed E-state index contributed by atoms with van der Waals surface area (Å²) in [6, 6.07) is 5.38. The molecule has 118 valence electrons. The van der Waals surface area contributed by atoms with E-state index in [-0.39, 0.29) is 5.56 Å². The average molecular weight is 357 g/mol. The maximum Gasteiger partial charge on any atom is 0.254 e. The van der Waals surface area contributed by atoms with Crippen molar-refractivity contribution in [2.24, 2.45) is 5.92 Å². The van der Waals surface area contributed by atoms with Gasteiger partial charge in [0.25, 0.3) is 5.56 Å². The van der Waals surface area contributed by atoms with Gasteiger partial charge in [-0.3, -0.25) is 4.79 Å². The molecular weight excluding hydrogens is 339 g/mol. The van der Waals surface area contributed by atoms with Crippen LogP contribution in [0.2, 0.25) is 10.0 Å². The molecule has 0 spiro atoms. The number of nitrogens with one attached hydrogen (secondary N) is 1. The molecule has 0 amide bonds. The molecule has 0 radical (unpaired) electrons. The van der Waals surface area contributed by atoms with Crippen molar-refractivity contribution in [2.75, 3.05) is 5.75 Å². The van der Waals surface area contributed by atoms with Crippen molar-refractivity contribution < 1.29 is 0 Å². The summed E-state index contributed by atoms with van der Waals surface area (Å²) in [4.78, 5) is 19.5. The third kappa shape index (κ3) is 4.28. The first kappa shape index (κ1) is 17.4. The molecule has 0 bridgehead atoms. The van der Waals surface area contributed by atoms with Crippen LogP contribution < -0.4 is 5.56 Å². The van der Waals surface area contributed by atoms with Crippen molar-refractivity contribution >= 4 is 35.0 Å². The highest BCUT2D eigenvalue weighted by molar-refractivity contribution is 7.99. The number of aromatic amines is 1. The lowest BCUT2D eigenvalue weighted by Gasteiger charge is -2.10. The van der Waals surface area contributed by atoms with Gasteiger partial charge in [0, 0.05) is 27.8 Å². The highest BCUT2D eigenvalue weighted by Gasteiger charge is 2.13. The zero-order chi connectivity index (χ0) is 16.3. The Morgan fingerprint density at radius 2 is 1.91 bits per heavy atom. The van der Waals surface area contributed by atoms with Crippen LogP contribution in [0.5, 0.6) is 0 Å². The third-order valence-electron chi connectivity index (χ3n) is 3.19. The van der Waals surface area contributed by atoms with E-state index in [0.29, 0.717) is 38.8 Å². The Morgan fingerprint density at radius 3 is 2.50 bits per heavy atom. The molecule has 0 aliphatic carbocycles. The van der Waals surface area contributed by atoms with Gasteiger partial charge in [0.15, 0.2) is 5.16 Å². The van der Waals surface area contributed by atoms with Gasteiger partial charge in [-0.15, -0.1) is 0 Å². The van der Waals surface area contributed by atoms with E-state index in [0.717, 1.165) is 11.3 Å². The van der Waals surface area contributed by atoms with Gasteiger partial charge in [-0.05, 0) is 30.5 Å². The minimum absolute atomic E-state index is 0.112. The fraction of sp³-hybridized carbons (Fsp3) is 0.375. The van der Waals surface area contributed by atoms with E-state index >= 15 is 0 Å². The maximum absolute atomic E-state index is 12.1. The number of halogens is 2. The topological polar surface area (TPSA) is 45.8 Å². The number of thioether (sulfide) groups is 1. The number of hydrogen-bond donors (Lipinski definition) is 1. The predicted octanol–water partition coefficient (Wildman–Crippen LogP) is 4.72. The largest absolute Gasteiger partial charge is 0.301 e. The minimum Gasteiger partial charge on any atom is -0.301 e. The molecule has 22 heavy (non-hydrogen) atoms. The molecule has 0 saturated carbocycles. The summed E-state index contributed by atoms with van der Waals surface area (Å²) in [7, 11) is 0. The number of hydrogen-bond acceptors (Lipinski definition) is 3. The first-order chi connectivity index (χ1) is 10.4. The summed E-state index contributed by atoms with van der Waals surface area (Å²) < 4.78 is 0. The second-order valence-electron chi connectivity index (χ2n) is 5.52. The number of aromatic nitrogens is 2. The standard InChI is InChI=1S/C16H18Cl2N2OS/c1-9(2)8-22-16-19-14(10(3)15(21)20-16)7-11-12(17)5-4-6-13(11)18/h4-6,9H,7-8H2,1-3H3,(H,19,20,21). The average Bonchev–Trinajstić information content (AvgIpc) is 2.45. The van der Waals surface area contributed by atoms with E-state index in [1.54, 1.807) is 36.9 Å². The second kappa shape index (κ2) is 7.53.